The van der Waals surface area contributed by atoms with Crippen LogP contribution in [0.15, 0.2) is 182 Å². The lowest BCUT2D eigenvalue weighted by molar-refractivity contribution is -0.370. The summed E-state index contributed by atoms with van der Waals surface area (Å²) in [6, 6.07) is 59.7. The molecule has 2 fully saturated rings. The molecular weight excluding hydrogens is 809 g/mol. The monoisotopic (exact) mass is 866 g/mol. The van der Waals surface area contributed by atoms with E-state index in [0.717, 1.165) is 33.4 Å². The first kappa shape index (κ1) is 45.5. The van der Waals surface area contributed by atoms with Gasteiger partial charge in [-0.1, -0.05) is 182 Å². The van der Waals surface area contributed by atoms with E-state index in [1.165, 1.54) is 0 Å². The van der Waals surface area contributed by atoms with Gasteiger partial charge in [-0.3, -0.25) is 0 Å². The number of aliphatic hydroxyl groups excluding tert-OH is 1. The average molecular weight is 867 g/mol. The Kier molecular flexibility index (Phi) is 16.9. The highest BCUT2D eigenvalue weighted by Gasteiger charge is 2.53. The highest BCUT2D eigenvalue weighted by molar-refractivity contribution is 5.18. The summed E-state index contributed by atoms with van der Waals surface area (Å²) >= 11 is 0. The summed E-state index contributed by atoms with van der Waals surface area (Å²) in [5.74, 6) is 0. The first-order valence-corrected chi connectivity index (χ1v) is 22.1. The van der Waals surface area contributed by atoms with Gasteiger partial charge in [0.05, 0.1) is 52.4 Å². The molecule has 6 aromatic carbocycles. The van der Waals surface area contributed by atoms with Crippen molar-refractivity contribution in [3.05, 3.63) is 215 Å². The molecule has 2 aliphatic rings. The van der Waals surface area contributed by atoms with Gasteiger partial charge in [0.2, 0.25) is 0 Å². The summed E-state index contributed by atoms with van der Waals surface area (Å²) in [6.07, 6.45) is -8.44. The molecule has 334 valence electrons. The molecular formula is C54H58O10. The third kappa shape index (κ3) is 12.8. The van der Waals surface area contributed by atoms with Gasteiger partial charge in [0.15, 0.2) is 12.6 Å². The molecule has 0 radical (unpaired) electrons. The van der Waals surface area contributed by atoms with Crippen molar-refractivity contribution in [1.82, 2.24) is 0 Å². The Balaban J connectivity index is 1.14. The summed E-state index contributed by atoms with van der Waals surface area (Å²) in [4.78, 5) is 0. The summed E-state index contributed by atoms with van der Waals surface area (Å²) in [7, 11) is 0. The van der Waals surface area contributed by atoms with Crippen LogP contribution < -0.4 is 0 Å². The van der Waals surface area contributed by atoms with Crippen LogP contribution in [0.2, 0.25) is 0 Å². The molecule has 8 rings (SSSR count). The molecule has 0 aromatic heterocycles. The van der Waals surface area contributed by atoms with Crippen molar-refractivity contribution in [1.29, 1.82) is 0 Å². The molecule has 10 atom stereocenters. The zero-order chi connectivity index (χ0) is 43.8. The Morgan fingerprint density at radius 1 is 0.375 bits per heavy atom. The van der Waals surface area contributed by atoms with Gasteiger partial charge < -0.3 is 47.7 Å². The zero-order valence-electron chi connectivity index (χ0n) is 36.2. The lowest BCUT2D eigenvalue weighted by Gasteiger charge is -2.49. The molecule has 10 nitrogen and oxygen atoms in total. The predicted molar refractivity (Wildman–Crippen MR) is 241 cm³/mol. The molecule has 0 amide bonds. The number of benzene rings is 6. The average Bonchev–Trinajstić information content (AvgIpc) is 3.34. The van der Waals surface area contributed by atoms with Crippen LogP contribution >= 0.6 is 0 Å². The lowest BCUT2D eigenvalue weighted by Crippen LogP contribution is -2.65. The second-order valence-electron chi connectivity index (χ2n) is 16.2. The van der Waals surface area contributed by atoms with Crippen LogP contribution in [-0.4, -0.2) is 73.1 Å². The predicted octanol–water partition coefficient (Wildman–Crippen LogP) is 8.98. The summed E-state index contributed by atoms with van der Waals surface area (Å²) < 4.78 is 60.8. The SMILES string of the molecule is C[C@@H]1O[C@@H](O[C@H]2[C@H](OCc3ccccc3)[C@@H](OCc3ccccc3)[C@@H](O)O[C@@H]2COCc2ccccc2)[C@@H](OCc2ccccc2)[C@H](OCc2ccccc2)[C@@H]1OCc1ccccc1. The first-order chi connectivity index (χ1) is 31.6. The Hall–Kier alpha value is -5.08. The Morgan fingerprint density at radius 2 is 0.703 bits per heavy atom. The number of hydrogen-bond acceptors (Lipinski definition) is 10. The van der Waals surface area contributed by atoms with E-state index in [4.69, 9.17) is 42.6 Å². The molecule has 1 N–H and O–H groups in total. The second-order valence-corrected chi connectivity index (χ2v) is 16.2. The van der Waals surface area contributed by atoms with Crippen molar-refractivity contribution in [3.8, 4) is 0 Å². The fourth-order valence-electron chi connectivity index (χ4n) is 8.09. The fourth-order valence-corrected chi connectivity index (χ4v) is 8.09. The van der Waals surface area contributed by atoms with E-state index in [0.29, 0.717) is 19.8 Å². The van der Waals surface area contributed by atoms with Crippen molar-refractivity contribution >= 4 is 0 Å². The number of ether oxygens (including phenoxy) is 9. The molecule has 2 saturated heterocycles. The summed E-state index contributed by atoms with van der Waals surface area (Å²) in [5.41, 5.74) is 5.87. The van der Waals surface area contributed by atoms with E-state index >= 15 is 0 Å². The van der Waals surface area contributed by atoms with Crippen LogP contribution in [0.1, 0.15) is 40.3 Å². The van der Waals surface area contributed by atoms with Crippen LogP contribution in [0.4, 0.5) is 0 Å². The fraction of sp³-hybridized carbons (Fsp3) is 0.333. The maximum absolute atomic E-state index is 11.8. The molecule has 10 heteroatoms. The number of rotatable bonds is 21. The largest absolute Gasteiger partial charge is 0.374 e. The molecule has 6 aromatic rings. The highest BCUT2D eigenvalue weighted by Crippen LogP contribution is 2.36. The molecule has 0 bridgehead atoms. The Bertz CT molecular complexity index is 2190. The Morgan fingerprint density at radius 3 is 1.11 bits per heavy atom. The summed E-state index contributed by atoms with van der Waals surface area (Å²) in [5, 5.41) is 11.8. The third-order valence-corrected chi connectivity index (χ3v) is 11.4. The van der Waals surface area contributed by atoms with Gasteiger partial charge in [0.1, 0.15) is 42.7 Å². The number of aliphatic hydroxyl groups is 1. The first-order valence-electron chi connectivity index (χ1n) is 22.1. The van der Waals surface area contributed by atoms with Crippen LogP contribution in [0, 0.1) is 0 Å². The van der Waals surface area contributed by atoms with Gasteiger partial charge in [-0.2, -0.15) is 0 Å². The van der Waals surface area contributed by atoms with E-state index in [-0.39, 0.29) is 26.4 Å². The summed E-state index contributed by atoms with van der Waals surface area (Å²) in [6.45, 7) is 3.67. The zero-order valence-corrected chi connectivity index (χ0v) is 36.2. The molecule has 2 heterocycles. The second kappa shape index (κ2) is 23.7. The van der Waals surface area contributed by atoms with Gasteiger partial charge in [0.25, 0.3) is 0 Å². The Labute approximate surface area is 376 Å². The van der Waals surface area contributed by atoms with E-state index in [1.54, 1.807) is 0 Å². The maximum atomic E-state index is 11.8. The van der Waals surface area contributed by atoms with Crippen molar-refractivity contribution in [3.63, 3.8) is 0 Å². The smallest absolute Gasteiger partial charge is 0.187 e. The molecule has 0 saturated carbocycles. The molecule has 0 spiro atoms. The maximum Gasteiger partial charge on any atom is 0.187 e. The molecule has 2 aliphatic heterocycles. The quantitative estimate of drug-likeness (QED) is 0.0755. The van der Waals surface area contributed by atoms with E-state index < -0.39 is 61.4 Å². The van der Waals surface area contributed by atoms with E-state index in [1.807, 2.05) is 189 Å². The van der Waals surface area contributed by atoms with Crippen LogP contribution in [0.3, 0.4) is 0 Å². The van der Waals surface area contributed by atoms with Gasteiger partial charge in [0, 0.05) is 0 Å². The van der Waals surface area contributed by atoms with Gasteiger partial charge in [-0.05, 0) is 40.3 Å². The van der Waals surface area contributed by atoms with Crippen molar-refractivity contribution in [2.24, 2.45) is 0 Å². The topological polar surface area (TPSA) is 103 Å². The standard InChI is InChI=1S/C54H58O10/c1-39-47(57-33-41-22-10-3-11-23-41)49(58-34-42-24-12-4-13-25-42)52(61-37-45-30-18-7-19-31-45)54(62-39)64-48-46(38-56-32-40-20-8-2-9-21-40)63-53(55)51(60-36-44-28-16-6-17-29-44)50(48)59-35-43-26-14-5-15-27-43/h2-31,39,46-55H,32-38H2,1H3/t39-,46+,47+,48+,49+,50-,51+,52-,53-,54-/m0/s1. The lowest BCUT2D eigenvalue weighted by atomic mass is 9.96. The van der Waals surface area contributed by atoms with E-state index in [2.05, 4.69) is 0 Å². The highest BCUT2D eigenvalue weighted by atomic mass is 16.7. The normalized spacial score (nSPS) is 25.8. The van der Waals surface area contributed by atoms with Gasteiger partial charge in [-0.25, -0.2) is 0 Å². The van der Waals surface area contributed by atoms with Gasteiger partial charge >= 0.3 is 0 Å². The molecule has 0 unspecified atom stereocenters. The van der Waals surface area contributed by atoms with Crippen LogP contribution in [0.5, 0.6) is 0 Å². The van der Waals surface area contributed by atoms with Crippen LogP contribution in [-0.2, 0) is 82.3 Å². The minimum absolute atomic E-state index is 0.0712. The molecule has 0 aliphatic carbocycles. The molecule has 64 heavy (non-hydrogen) atoms. The van der Waals surface area contributed by atoms with Crippen molar-refractivity contribution < 1.29 is 47.7 Å². The van der Waals surface area contributed by atoms with Gasteiger partial charge in [-0.15, -0.1) is 0 Å². The van der Waals surface area contributed by atoms with E-state index in [9.17, 15) is 5.11 Å². The van der Waals surface area contributed by atoms with Crippen LogP contribution in [0.25, 0.3) is 0 Å². The minimum atomic E-state index is -1.37. The van der Waals surface area contributed by atoms with Crippen molar-refractivity contribution in [2.75, 3.05) is 6.61 Å². The van der Waals surface area contributed by atoms with Crippen molar-refractivity contribution in [2.45, 2.75) is 108 Å². The minimum Gasteiger partial charge on any atom is -0.374 e. The third-order valence-electron chi connectivity index (χ3n) is 11.4. The number of hydrogen-bond donors (Lipinski definition) is 1.